The molecule has 1 aromatic heterocycles. The molecule has 0 aromatic carbocycles. The topological polar surface area (TPSA) is 85.8 Å². The second kappa shape index (κ2) is 2.54. The number of amides is 1. The average molecular weight is 191 g/mol. The standard InChI is InChI=1S/C9H9N3O2/c1-3-4(2)11-8(13)6-5(3)7(10)12-9(6)14/h1-2H3,(H,11,13)(H2,10,12,14). The number of rotatable bonds is 0. The molecule has 1 aliphatic heterocycles. The third-order valence-electron chi connectivity index (χ3n) is 2.43. The molecule has 14 heavy (non-hydrogen) atoms. The minimum Gasteiger partial charge on any atom is -0.326 e. The van der Waals surface area contributed by atoms with Crippen LogP contribution in [0.25, 0.3) is 0 Å². The van der Waals surface area contributed by atoms with E-state index in [4.69, 9.17) is 5.41 Å². The van der Waals surface area contributed by atoms with Gasteiger partial charge in [-0.3, -0.25) is 15.0 Å². The summed E-state index contributed by atoms with van der Waals surface area (Å²) in [7, 11) is 0. The molecule has 0 bridgehead atoms. The van der Waals surface area contributed by atoms with Crippen LogP contribution in [0.3, 0.4) is 0 Å². The van der Waals surface area contributed by atoms with Crippen LogP contribution in [0.1, 0.15) is 27.2 Å². The second-order valence-electron chi connectivity index (χ2n) is 3.28. The van der Waals surface area contributed by atoms with E-state index in [-0.39, 0.29) is 11.4 Å². The van der Waals surface area contributed by atoms with Crippen molar-refractivity contribution in [3.8, 4) is 0 Å². The van der Waals surface area contributed by atoms with Gasteiger partial charge in [0.15, 0.2) is 0 Å². The van der Waals surface area contributed by atoms with Gasteiger partial charge in [0, 0.05) is 11.3 Å². The molecule has 0 radical (unpaired) electrons. The number of pyridine rings is 1. The zero-order valence-corrected chi connectivity index (χ0v) is 7.82. The van der Waals surface area contributed by atoms with Crippen LogP contribution in [0.4, 0.5) is 0 Å². The number of hydrogen-bond donors (Lipinski definition) is 3. The van der Waals surface area contributed by atoms with Gasteiger partial charge in [0.1, 0.15) is 11.4 Å². The van der Waals surface area contributed by atoms with Gasteiger partial charge in [-0.05, 0) is 19.4 Å². The van der Waals surface area contributed by atoms with Crippen LogP contribution in [-0.2, 0) is 0 Å². The van der Waals surface area contributed by atoms with Gasteiger partial charge in [-0.2, -0.15) is 0 Å². The summed E-state index contributed by atoms with van der Waals surface area (Å²) >= 11 is 0. The molecule has 0 saturated heterocycles. The van der Waals surface area contributed by atoms with Crippen LogP contribution in [0.2, 0.25) is 0 Å². The first-order valence-electron chi connectivity index (χ1n) is 4.16. The minimum absolute atomic E-state index is 0.0108. The molecule has 2 rings (SSSR count). The van der Waals surface area contributed by atoms with Crippen LogP contribution < -0.4 is 10.9 Å². The average Bonchev–Trinajstić information content (AvgIpc) is 2.38. The Balaban J connectivity index is 2.93. The summed E-state index contributed by atoms with van der Waals surface area (Å²) in [4.78, 5) is 25.3. The number of carbonyl (C=O) groups excluding carboxylic acids is 1. The van der Waals surface area contributed by atoms with Crippen molar-refractivity contribution in [3.63, 3.8) is 0 Å². The largest absolute Gasteiger partial charge is 0.326 e. The highest BCUT2D eigenvalue weighted by molar-refractivity contribution is 6.22. The van der Waals surface area contributed by atoms with Gasteiger partial charge in [-0.25, -0.2) is 0 Å². The third-order valence-corrected chi connectivity index (χ3v) is 2.43. The molecule has 0 aliphatic carbocycles. The number of amidine groups is 1. The Kier molecular flexibility index (Phi) is 1.57. The molecule has 1 aromatic rings. The molecule has 5 nitrogen and oxygen atoms in total. The second-order valence-corrected chi connectivity index (χ2v) is 3.28. The summed E-state index contributed by atoms with van der Waals surface area (Å²) in [6, 6.07) is 0. The van der Waals surface area contributed by atoms with Gasteiger partial charge in [0.25, 0.3) is 11.5 Å². The Morgan fingerprint density at radius 1 is 1.14 bits per heavy atom. The van der Waals surface area contributed by atoms with Crippen LogP contribution in [-0.4, -0.2) is 16.7 Å². The first-order valence-corrected chi connectivity index (χ1v) is 4.16. The van der Waals surface area contributed by atoms with E-state index in [2.05, 4.69) is 10.3 Å². The molecule has 0 saturated carbocycles. The number of fused-ring (bicyclic) bond motifs is 1. The van der Waals surface area contributed by atoms with Gasteiger partial charge in [0.2, 0.25) is 0 Å². The molecule has 72 valence electrons. The molecule has 0 atom stereocenters. The van der Waals surface area contributed by atoms with E-state index in [9.17, 15) is 9.59 Å². The summed E-state index contributed by atoms with van der Waals surface area (Å²) in [5.41, 5.74) is 1.51. The summed E-state index contributed by atoms with van der Waals surface area (Å²) in [5.74, 6) is -0.481. The van der Waals surface area contributed by atoms with Gasteiger partial charge in [0.05, 0.1) is 0 Å². The van der Waals surface area contributed by atoms with Gasteiger partial charge < -0.3 is 10.3 Å². The van der Waals surface area contributed by atoms with Crippen molar-refractivity contribution in [2.45, 2.75) is 13.8 Å². The van der Waals surface area contributed by atoms with Crippen molar-refractivity contribution in [3.05, 3.63) is 32.7 Å². The fraction of sp³-hybridized carbons (Fsp3) is 0.222. The number of aryl methyl sites for hydroxylation is 1. The van der Waals surface area contributed by atoms with Crippen LogP contribution in [0, 0.1) is 19.3 Å². The predicted molar refractivity (Wildman–Crippen MR) is 50.8 cm³/mol. The summed E-state index contributed by atoms with van der Waals surface area (Å²) in [6.07, 6.45) is 0. The SMILES string of the molecule is Cc1[nH]c(=O)c2c(c1C)C(=N)NC2=O. The quantitative estimate of drug-likeness (QED) is 0.541. The van der Waals surface area contributed by atoms with E-state index in [1.165, 1.54) is 0 Å². The molecule has 0 spiro atoms. The maximum absolute atomic E-state index is 11.4. The third kappa shape index (κ3) is 0.921. The predicted octanol–water partition coefficient (Wildman–Crippen LogP) is 0.0605. The highest BCUT2D eigenvalue weighted by Gasteiger charge is 2.29. The highest BCUT2D eigenvalue weighted by Crippen LogP contribution is 2.17. The van der Waals surface area contributed by atoms with E-state index in [0.717, 1.165) is 5.56 Å². The molecule has 0 fully saturated rings. The molecular weight excluding hydrogens is 182 g/mol. The van der Waals surface area contributed by atoms with E-state index >= 15 is 0 Å². The maximum atomic E-state index is 11.4. The Morgan fingerprint density at radius 3 is 2.43 bits per heavy atom. The molecule has 0 unspecified atom stereocenters. The normalized spacial score (nSPS) is 14.1. The number of H-pyrrole nitrogens is 1. The number of carbonyl (C=O) groups is 1. The fourth-order valence-corrected chi connectivity index (χ4v) is 1.58. The van der Waals surface area contributed by atoms with Crippen LogP contribution in [0.15, 0.2) is 4.79 Å². The minimum atomic E-state index is -0.491. The molecular formula is C9H9N3O2. The maximum Gasteiger partial charge on any atom is 0.263 e. The van der Waals surface area contributed by atoms with E-state index in [1.807, 2.05) is 0 Å². The van der Waals surface area contributed by atoms with E-state index < -0.39 is 11.5 Å². The molecule has 1 amide bonds. The van der Waals surface area contributed by atoms with Crippen molar-refractivity contribution in [2.24, 2.45) is 0 Å². The Morgan fingerprint density at radius 2 is 1.79 bits per heavy atom. The number of hydrogen-bond acceptors (Lipinski definition) is 3. The van der Waals surface area contributed by atoms with Crippen molar-refractivity contribution in [2.75, 3.05) is 0 Å². The summed E-state index contributed by atoms with van der Waals surface area (Å²) in [6.45, 7) is 3.52. The van der Waals surface area contributed by atoms with Gasteiger partial charge in [-0.1, -0.05) is 0 Å². The Bertz CT molecular complexity index is 514. The highest BCUT2D eigenvalue weighted by atomic mass is 16.2. The smallest absolute Gasteiger partial charge is 0.263 e. The molecule has 2 heterocycles. The van der Waals surface area contributed by atoms with Crippen molar-refractivity contribution < 1.29 is 4.79 Å². The Hall–Kier alpha value is -1.91. The Labute approximate surface area is 79.7 Å². The zero-order valence-electron chi connectivity index (χ0n) is 7.82. The van der Waals surface area contributed by atoms with Crippen molar-refractivity contribution >= 4 is 11.7 Å². The number of aromatic nitrogens is 1. The summed E-state index contributed by atoms with van der Waals surface area (Å²) in [5, 5.41) is 9.83. The molecule has 1 aliphatic rings. The first-order chi connectivity index (χ1) is 6.52. The van der Waals surface area contributed by atoms with Gasteiger partial charge >= 0.3 is 0 Å². The molecule has 3 N–H and O–H groups in total. The van der Waals surface area contributed by atoms with E-state index in [1.54, 1.807) is 13.8 Å². The summed E-state index contributed by atoms with van der Waals surface area (Å²) < 4.78 is 0. The van der Waals surface area contributed by atoms with Gasteiger partial charge in [-0.15, -0.1) is 0 Å². The zero-order chi connectivity index (χ0) is 10.5. The van der Waals surface area contributed by atoms with Crippen molar-refractivity contribution in [1.29, 1.82) is 5.41 Å². The monoisotopic (exact) mass is 191 g/mol. The fourth-order valence-electron chi connectivity index (χ4n) is 1.58. The lowest BCUT2D eigenvalue weighted by molar-refractivity contribution is 0.0982. The lowest BCUT2D eigenvalue weighted by atomic mass is 10.0. The number of nitrogens with one attached hydrogen (secondary N) is 3. The lowest BCUT2D eigenvalue weighted by Gasteiger charge is -2.03. The van der Waals surface area contributed by atoms with Crippen LogP contribution >= 0.6 is 0 Å². The lowest BCUT2D eigenvalue weighted by Crippen LogP contribution is -2.23. The van der Waals surface area contributed by atoms with Crippen molar-refractivity contribution in [1.82, 2.24) is 10.3 Å². The van der Waals surface area contributed by atoms with E-state index in [0.29, 0.717) is 11.3 Å². The van der Waals surface area contributed by atoms with Crippen LogP contribution in [0.5, 0.6) is 0 Å². The first kappa shape index (κ1) is 8.68. The molecule has 5 heteroatoms. The number of aromatic amines is 1.